The maximum atomic E-state index is 11.2. The molecular weight excluding hydrogens is 298 g/mol. The quantitative estimate of drug-likeness (QED) is 0.787. The Morgan fingerprint density at radius 1 is 1.40 bits per heavy atom. The first-order valence-electron chi connectivity index (χ1n) is 5.81. The molecule has 0 radical (unpaired) electrons. The van der Waals surface area contributed by atoms with E-state index in [9.17, 15) is 9.90 Å². The number of rotatable bonds is 2. The summed E-state index contributed by atoms with van der Waals surface area (Å²) in [5.74, 6) is -0.908. The summed E-state index contributed by atoms with van der Waals surface area (Å²) in [5.41, 5.74) is 3.11. The third-order valence-electron chi connectivity index (χ3n) is 3.11. The van der Waals surface area contributed by atoms with Crippen molar-refractivity contribution in [1.29, 1.82) is 0 Å². The van der Waals surface area contributed by atoms with Gasteiger partial charge in [0.05, 0.1) is 17.4 Å². The molecule has 102 valence electrons. The van der Waals surface area contributed by atoms with Gasteiger partial charge in [0.1, 0.15) is 4.88 Å². The van der Waals surface area contributed by atoms with E-state index in [1.807, 2.05) is 13.8 Å². The lowest BCUT2D eigenvalue weighted by Crippen LogP contribution is -1.95. The van der Waals surface area contributed by atoms with Crippen LogP contribution in [0.5, 0.6) is 0 Å². The smallest absolute Gasteiger partial charge is 0.346 e. The maximum Gasteiger partial charge on any atom is 0.346 e. The molecule has 20 heavy (non-hydrogen) atoms. The highest BCUT2D eigenvalue weighted by Gasteiger charge is 2.21. The zero-order valence-electron chi connectivity index (χ0n) is 10.7. The van der Waals surface area contributed by atoms with E-state index in [-0.39, 0.29) is 0 Å². The SMILES string of the molecule is Cc1sc(C(=O)O)c(C)c1-c1cnn2cc(Cl)cnc12. The fourth-order valence-corrected chi connectivity index (χ4v) is 3.44. The van der Waals surface area contributed by atoms with E-state index in [0.717, 1.165) is 21.6 Å². The largest absolute Gasteiger partial charge is 0.477 e. The molecule has 0 spiro atoms. The van der Waals surface area contributed by atoms with Gasteiger partial charge < -0.3 is 5.11 Å². The van der Waals surface area contributed by atoms with Crippen LogP contribution in [0.25, 0.3) is 16.8 Å². The van der Waals surface area contributed by atoms with Crippen LogP contribution in [0.15, 0.2) is 18.6 Å². The molecule has 0 aliphatic heterocycles. The van der Waals surface area contributed by atoms with Gasteiger partial charge in [-0.25, -0.2) is 14.3 Å². The Kier molecular flexibility index (Phi) is 2.99. The number of aromatic carboxylic acids is 1. The summed E-state index contributed by atoms with van der Waals surface area (Å²) in [6.07, 6.45) is 4.91. The van der Waals surface area contributed by atoms with Gasteiger partial charge in [-0.15, -0.1) is 11.3 Å². The van der Waals surface area contributed by atoms with Gasteiger partial charge in [-0.05, 0) is 19.4 Å². The molecule has 3 aromatic heterocycles. The second kappa shape index (κ2) is 4.57. The van der Waals surface area contributed by atoms with Gasteiger partial charge >= 0.3 is 5.97 Å². The predicted octanol–water partition coefficient (Wildman–Crippen LogP) is 3.43. The Balaban J connectivity index is 2.29. The maximum absolute atomic E-state index is 11.2. The molecule has 0 saturated heterocycles. The summed E-state index contributed by atoms with van der Waals surface area (Å²) >= 11 is 7.15. The van der Waals surface area contributed by atoms with Crippen LogP contribution in [0.3, 0.4) is 0 Å². The normalized spacial score (nSPS) is 11.2. The topological polar surface area (TPSA) is 67.5 Å². The summed E-state index contributed by atoms with van der Waals surface area (Å²) < 4.78 is 1.59. The van der Waals surface area contributed by atoms with Crippen molar-refractivity contribution < 1.29 is 9.90 Å². The van der Waals surface area contributed by atoms with Gasteiger partial charge in [0, 0.05) is 22.2 Å². The molecule has 3 heterocycles. The summed E-state index contributed by atoms with van der Waals surface area (Å²) in [5, 5.41) is 13.9. The average molecular weight is 308 g/mol. The van der Waals surface area contributed by atoms with Crippen molar-refractivity contribution in [3.63, 3.8) is 0 Å². The van der Waals surface area contributed by atoms with Crippen molar-refractivity contribution in [1.82, 2.24) is 14.6 Å². The molecule has 1 N–H and O–H groups in total. The number of nitrogens with zero attached hydrogens (tertiary/aromatic N) is 3. The molecule has 0 aromatic carbocycles. The molecule has 0 fully saturated rings. The number of fused-ring (bicyclic) bond motifs is 1. The van der Waals surface area contributed by atoms with E-state index < -0.39 is 5.97 Å². The van der Waals surface area contributed by atoms with E-state index in [1.165, 1.54) is 11.3 Å². The number of hydrogen-bond donors (Lipinski definition) is 1. The van der Waals surface area contributed by atoms with Gasteiger partial charge in [0.25, 0.3) is 0 Å². The van der Waals surface area contributed by atoms with E-state index in [4.69, 9.17) is 11.6 Å². The number of carbonyl (C=O) groups is 1. The molecule has 0 atom stereocenters. The zero-order chi connectivity index (χ0) is 14.4. The summed E-state index contributed by atoms with van der Waals surface area (Å²) in [6.45, 7) is 3.71. The highest BCUT2D eigenvalue weighted by Crippen LogP contribution is 2.37. The number of carboxylic acid groups (broad SMARTS) is 1. The fraction of sp³-hybridized carbons (Fsp3) is 0.154. The van der Waals surface area contributed by atoms with Crippen LogP contribution < -0.4 is 0 Å². The van der Waals surface area contributed by atoms with E-state index in [2.05, 4.69) is 10.1 Å². The first-order chi connectivity index (χ1) is 9.49. The Bertz CT molecular complexity index is 838. The highest BCUT2D eigenvalue weighted by atomic mass is 35.5. The Hall–Kier alpha value is -1.92. The molecule has 3 rings (SSSR count). The Morgan fingerprint density at radius 3 is 2.80 bits per heavy atom. The number of halogens is 1. The van der Waals surface area contributed by atoms with Crippen LogP contribution in [-0.2, 0) is 0 Å². The van der Waals surface area contributed by atoms with Crippen molar-refractivity contribution in [2.24, 2.45) is 0 Å². The van der Waals surface area contributed by atoms with Crippen LogP contribution in [0, 0.1) is 13.8 Å². The minimum absolute atomic E-state index is 0.353. The monoisotopic (exact) mass is 307 g/mol. The highest BCUT2D eigenvalue weighted by molar-refractivity contribution is 7.14. The summed E-state index contributed by atoms with van der Waals surface area (Å²) in [4.78, 5) is 16.8. The number of hydrogen-bond acceptors (Lipinski definition) is 4. The second-order valence-electron chi connectivity index (χ2n) is 4.39. The fourth-order valence-electron chi connectivity index (χ4n) is 2.28. The molecule has 0 unspecified atom stereocenters. The molecule has 0 amide bonds. The molecule has 5 nitrogen and oxygen atoms in total. The first kappa shape index (κ1) is 13.1. The Labute approximate surface area is 123 Å². The molecular formula is C13H10ClN3O2S. The molecule has 0 bridgehead atoms. The van der Waals surface area contributed by atoms with Crippen molar-refractivity contribution in [3.8, 4) is 11.1 Å². The van der Waals surface area contributed by atoms with Gasteiger partial charge in [-0.3, -0.25) is 0 Å². The standard InChI is InChI=1S/C13H10ClN3O2S/c1-6-10(7(2)20-11(6)13(18)19)9-4-16-17-5-8(14)3-15-12(9)17/h3-5H,1-2H3,(H,18,19). The van der Waals surface area contributed by atoms with E-state index >= 15 is 0 Å². The number of aryl methyl sites for hydroxylation is 1. The number of aromatic nitrogens is 3. The number of carboxylic acids is 1. The minimum atomic E-state index is -0.908. The van der Waals surface area contributed by atoms with E-state index in [1.54, 1.807) is 23.1 Å². The summed E-state index contributed by atoms with van der Waals surface area (Å²) in [7, 11) is 0. The number of thiophene rings is 1. The summed E-state index contributed by atoms with van der Waals surface area (Å²) in [6, 6.07) is 0. The lowest BCUT2D eigenvalue weighted by Gasteiger charge is -2.01. The molecule has 0 aliphatic rings. The first-order valence-corrected chi connectivity index (χ1v) is 7.01. The second-order valence-corrected chi connectivity index (χ2v) is 6.05. The zero-order valence-corrected chi connectivity index (χ0v) is 12.3. The van der Waals surface area contributed by atoms with Gasteiger partial charge in [0.15, 0.2) is 5.65 Å². The van der Waals surface area contributed by atoms with Crippen LogP contribution >= 0.6 is 22.9 Å². The molecule has 0 aliphatic carbocycles. The lowest BCUT2D eigenvalue weighted by molar-refractivity contribution is 0.0701. The van der Waals surface area contributed by atoms with Crippen LogP contribution in [-0.4, -0.2) is 25.7 Å². The average Bonchev–Trinajstić information content (AvgIpc) is 2.90. The Morgan fingerprint density at radius 2 is 2.15 bits per heavy atom. The van der Waals surface area contributed by atoms with Gasteiger partial charge in [-0.2, -0.15) is 5.10 Å². The van der Waals surface area contributed by atoms with Crippen LogP contribution in [0.4, 0.5) is 0 Å². The third kappa shape index (κ3) is 1.88. The van der Waals surface area contributed by atoms with Crippen LogP contribution in [0.1, 0.15) is 20.1 Å². The lowest BCUT2D eigenvalue weighted by atomic mass is 10.0. The van der Waals surface area contributed by atoms with Crippen molar-refractivity contribution in [3.05, 3.63) is 38.9 Å². The van der Waals surface area contributed by atoms with E-state index in [0.29, 0.717) is 15.5 Å². The van der Waals surface area contributed by atoms with Gasteiger partial charge in [0.2, 0.25) is 0 Å². The van der Waals surface area contributed by atoms with Gasteiger partial charge in [-0.1, -0.05) is 11.6 Å². The molecule has 0 saturated carbocycles. The minimum Gasteiger partial charge on any atom is -0.477 e. The van der Waals surface area contributed by atoms with Crippen molar-refractivity contribution >= 4 is 34.6 Å². The predicted molar refractivity (Wildman–Crippen MR) is 77.7 cm³/mol. The molecule has 7 heteroatoms. The molecule has 3 aromatic rings. The van der Waals surface area contributed by atoms with Crippen molar-refractivity contribution in [2.45, 2.75) is 13.8 Å². The van der Waals surface area contributed by atoms with Crippen LogP contribution in [0.2, 0.25) is 5.02 Å². The van der Waals surface area contributed by atoms with Crippen molar-refractivity contribution in [2.75, 3.05) is 0 Å². The third-order valence-corrected chi connectivity index (χ3v) is 4.50.